The number of amides is 1. The molecule has 26 heavy (non-hydrogen) atoms. The zero-order valence-corrected chi connectivity index (χ0v) is 16.1. The summed E-state index contributed by atoms with van der Waals surface area (Å²) < 4.78 is 5.42. The van der Waals surface area contributed by atoms with E-state index in [2.05, 4.69) is 12.2 Å². The lowest BCUT2D eigenvalue weighted by Crippen LogP contribution is -2.37. The molecule has 1 amide bonds. The second kappa shape index (κ2) is 8.49. The van der Waals surface area contributed by atoms with Gasteiger partial charge in [0.05, 0.1) is 5.56 Å². The van der Waals surface area contributed by atoms with Gasteiger partial charge in [-0.15, -0.1) is 11.3 Å². The van der Waals surface area contributed by atoms with Crippen LogP contribution in [0.2, 0.25) is 0 Å². The lowest BCUT2D eigenvalue weighted by Gasteiger charge is -2.17. The fourth-order valence-electron chi connectivity index (χ4n) is 3.24. The third-order valence-corrected chi connectivity index (χ3v) is 5.97. The van der Waals surface area contributed by atoms with Crippen LogP contribution in [0.5, 0.6) is 0 Å². The first kappa shape index (κ1) is 18.6. The molecule has 4 nitrogen and oxygen atoms in total. The third kappa shape index (κ3) is 4.33. The lowest BCUT2D eigenvalue weighted by atomic mass is 9.96. The molecule has 1 N–H and O–H groups in total. The Kier molecular flexibility index (Phi) is 6.09. The highest BCUT2D eigenvalue weighted by atomic mass is 32.1. The van der Waals surface area contributed by atoms with Crippen LogP contribution >= 0.6 is 11.3 Å². The largest absolute Gasteiger partial charge is 0.449 e. The van der Waals surface area contributed by atoms with Gasteiger partial charge in [-0.25, -0.2) is 4.79 Å². The number of carbonyl (C=O) groups is 2. The van der Waals surface area contributed by atoms with Crippen molar-refractivity contribution < 1.29 is 14.3 Å². The molecule has 3 rings (SSSR count). The molecule has 0 aliphatic heterocycles. The predicted octanol–water partition coefficient (Wildman–Crippen LogP) is 4.09. The molecule has 0 radical (unpaired) electrons. The summed E-state index contributed by atoms with van der Waals surface area (Å²) in [5.41, 5.74) is 2.93. The highest BCUT2D eigenvalue weighted by Gasteiger charge is 2.24. The fourth-order valence-corrected chi connectivity index (χ4v) is 4.35. The van der Waals surface area contributed by atoms with Crippen LogP contribution < -0.4 is 5.32 Å². The number of fused-ring (bicyclic) bond motifs is 1. The summed E-state index contributed by atoms with van der Waals surface area (Å²) in [5, 5.41) is 4.76. The molecule has 0 unspecified atom stereocenters. The monoisotopic (exact) mass is 371 g/mol. The van der Waals surface area contributed by atoms with Gasteiger partial charge in [-0.1, -0.05) is 37.3 Å². The minimum Gasteiger partial charge on any atom is -0.449 e. The molecule has 0 saturated heterocycles. The number of thiophene rings is 1. The summed E-state index contributed by atoms with van der Waals surface area (Å²) in [7, 11) is 0. The molecular weight excluding hydrogens is 346 g/mol. The van der Waals surface area contributed by atoms with Crippen molar-refractivity contribution in [1.29, 1.82) is 0 Å². The number of nitrogens with one attached hydrogen (secondary N) is 1. The van der Waals surface area contributed by atoms with Gasteiger partial charge in [0.1, 0.15) is 0 Å². The zero-order valence-electron chi connectivity index (χ0n) is 15.3. The highest BCUT2D eigenvalue weighted by Crippen LogP contribution is 2.30. The Morgan fingerprint density at radius 1 is 1.15 bits per heavy atom. The quantitative estimate of drug-likeness (QED) is 0.778. The normalized spacial score (nSPS) is 15.6. The Labute approximate surface area is 158 Å². The Morgan fingerprint density at radius 2 is 1.88 bits per heavy atom. The molecule has 0 saturated carbocycles. The van der Waals surface area contributed by atoms with Gasteiger partial charge in [-0.2, -0.15) is 0 Å². The fraction of sp³-hybridized carbons (Fsp3) is 0.429. The maximum Gasteiger partial charge on any atom is 0.340 e. The molecule has 1 heterocycles. The van der Waals surface area contributed by atoms with Gasteiger partial charge in [0, 0.05) is 16.8 Å². The topological polar surface area (TPSA) is 55.4 Å². The molecule has 1 aliphatic rings. The first-order valence-corrected chi connectivity index (χ1v) is 10.1. The third-order valence-electron chi connectivity index (χ3n) is 4.89. The number of rotatable bonds is 6. The Hall–Kier alpha value is -2.14. The van der Waals surface area contributed by atoms with Crippen molar-refractivity contribution in [2.45, 2.75) is 51.6 Å². The van der Waals surface area contributed by atoms with Crippen molar-refractivity contribution >= 4 is 23.2 Å². The molecule has 138 valence electrons. The second-order valence-electron chi connectivity index (χ2n) is 6.86. The van der Waals surface area contributed by atoms with Crippen LogP contribution in [0.25, 0.3) is 0 Å². The van der Waals surface area contributed by atoms with Crippen LogP contribution in [0.15, 0.2) is 35.7 Å². The van der Waals surface area contributed by atoms with E-state index >= 15 is 0 Å². The Morgan fingerprint density at radius 3 is 2.65 bits per heavy atom. The minimum atomic E-state index is -0.801. The van der Waals surface area contributed by atoms with E-state index in [0.717, 1.165) is 24.8 Å². The molecule has 1 aromatic heterocycles. The van der Waals surface area contributed by atoms with Crippen LogP contribution in [0, 0.1) is 0 Å². The molecule has 0 bridgehead atoms. The van der Waals surface area contributed by atoms with E-state index < -0.39 is 6.10 Å². The van der Waals surface area contributed by atoms with Crippen LogP contribution in [0.1, 0.15) is 59.0 Å². The molecular formula is C21H25NO3S. The molecule has 0 spiro atoms. The maximum atomic E-state index is 12.5. The van der Waals surface area contributed by atoms with E-state index in [1.165, 1.54) is 16.9 Å². The Bertz CT molecular complexity index is 769. The summed E-state index contributed by atoms with van der Waals surface area (Å²) >= 11 is 1.63. The van der Waals surface area contributed by atoms with E-state index in [9.17, 15) is 9.59 Å². The smallest absolute Gasteiger partial charge is 0.340 e. The van der Waals surface area contributed by atoms with Crippen LogP contribution in [-0.4, -0.2) is 24.5 Å². The van der Waals surface area contributed by atoms with Crippen LogP contribution in [-0.2, 0) is 22.4 Å². The molecule has 1 aromatic carbocycles. The van der Waals surface area contributed by atoms with Crippen LogP contribution in [0.3, 0.4) is 0 Å². The van der Waals surface area contributed by atoms with Crippen molar-refractivity contribution in [3.05, 3.63) is 57.3 Å². The maximum absolute atomic E-state index is 12.5. The van der Waals surface area contributed by atoms with E-state index in [4.69, 9.17) is 4.74 Å². The van der Waals surface area contributed by atoms with Gasteiger partial charge in [0.15, 0.2) is 6.10 Å². The van der Waals surface area contributed by atoms with Gasteiger partial charge in [0.2, 0.25) is 0 Å². The van der Waals surface area contributed by atoms with Gasteiger partial charge in [-0.3, -0.25) is 4.79 Å². The van der Waals surface area contributed by atoms with Crippen molar-refractivity contribution in [2.24, 2.45) is 0 Å². The predicted molar refractivity (Wildman–Crippen MR) is 104 cm³/mol. The van der Waals surface area contributed by atoms with Gasteiger partial charge >= 0.3 is 5.97 Å². The van der Waals surface area contributed by atoms with Crippen LogP contribution in [0.4, 0.5) is 0 Å². The van der Waals surface area contributed by atoms with Gasteiger partial charge in [0.25, 0.3) is 5.91 Å². The first-order valence-electron chi connectivity index (χ1n) is 9.19. The molecule has 1 aliphatic carbocycles. The number of carbonyl (C=O) groups excluding carboxylic acids is 2. The van der Waals surface area contributed by atoms with Crippen molar-refractivity contribution in [1.82, 2.24) is 5.32 Å². The first-order chi connectivity index (χ1) is 12.6. The van der Waals surface area contributed by atoms with E-state index in [-0.39, 0.29) is 17.8 Å². The number of benzene rings is 1. The summed E-state index contributed by atoms with van der Waals surface area (Å²) in [6.07, 6.45) is 3.46. The van der Waals surface area contributed by atoms with E-state index in [0.29, 0.717) is 12.1 Å². The molecule has 0 fully saturated rings. The Balaban J connectivity index is 1.52. The molecule has 2 aromatic rings. The number of aryl methyl sites for hydroxylation is 1. The molecule has 2 atom stereocenters. The van der Waals surface area contributed by atoms with Crippen molar-refractivity contribution in [3.8, 4) is 0 Å². The average molecular weight is 372 g/mol. The van der Waals surface area contributed by atoms with Crippen molar-refractivity contribution in [3.63, 3.8) is 0 Å². The summed E-state index contributed by atoms with van der Waals surface area (Å²) in [4.78, 5) is 26.0. The van der Waals surface area contributed by atoms with Gasteiger partial charge in [-0.05, 0) is 49.7 Å². The number of hydrogen-bond acceptors (Lipinski definition) is 4. The number of hydrogen-bond donors (Lipinski definition) is 1. The standard InChI is InChI=1S/C21H25NO3S/c1-14(16-8-4-3-5-9-16)12-22-20(23)15(2)25-21(24)18-13-26-19-11-7-6-10-17(18)19/h3-5,8-9,13-15H,6-7,10-12H2,1-2H3,(H,22,23)/t14-,15+/m0/s1. The average Bonchev–Trinajstić information content (AvgIpc) is 3.10. The summed E-state index contributed by atoms with van der Waals surface area (Å²) in [6.45, 7) is 4.20. The molecule has 5 heteroatoms. The minimum absolute atomic E-state index is 0.201. The zero-order chi connectivity index (χ0) is 18.5. The van der Waals surface area contributed by atoms with E-state index in [1.54, 1.807) is 18.3 Å². The van der Waals surface area contributed by atoms with Gasteiger partial charge < -0.3 is 10.1 Å². The number of ether oxygens (including phenoxy) is 1. The highest BCUT2D eigenvalue weighted by molar-refractivity contribution is 7.10. The summed E-state index contributed by atoms with van der Waals surface area (Å²) in [6, 6.07) is 10.0. The second-order valence-corrected chi connectivity index (χ2v) is 7.83. The van der Waals surface area contributed by atoms with Crippen molar-refractivity contribution in [2.75, 3.05) is 6.54 Å². The van der Waals surface area contributed by atoms with E-state index in [1.807, 2.05) is 35.7 Å². The summed E-state index contributed by atoms with van der Waals surface area (Å²) in [5.74, 6) is -0.444. The number of esters is 1. The lowest BCUT2D eigenvalue weighted by molar-refractivity contribution is -0.129. The SMILES string of the molecule is C[C@@H](OC(=O)c1csc2c1CCCC2)C(=O)NC[C@H](C)c1ccccc1.